The number of nitrogens with zero attached hydrogens (tertiary/aromatic N) is 2. The molecule has 0 unspecified atom stereocenters. The molecule has 1 amide bonds. The summed E-state index contributed by atoms with van der Waals surface area (Å²) in [7, 11) is 1.68. The number of hydrogen-bond acceptors (Lipinski definition) is 5. The average Bonchev–Trinajstić information content (AvgIpc) is 3.10. The SMILES string of the molecule is COc1ccc(CN2CCCN(C(=O)/C=C/c3ccc4c(c3)OCO4)CC2)cc1. The first-order chi connectivity index (χ1) is 14.2. The predicted octanol–water partition coefficient (Wildman–Crippen LogP) is 3.17. The van der Waals surface area contributed by atoms with E-state index in [9.17, 15) is 4.79 Å². The van der Waals surface area contributed by atoms with Crippen molar-refractivity contribution in [2.45, 2.75) is 13.0 Å². The summed E-state index contributed by atoms with van der Waals surface area (Å²) in [6.45, 7) is 4.52. The van der Waals surface area contributed by atoms with E-state index in [1.165, 1.54) is 5.56 Å². The first kappa shape index (κ1) is 19.3. The van der Waals surface area contributed by atoms with Crippen molar-refractivity contribution in [3.8, 4) is 17.2 Å². The summed E-state index contributed by atoms with van der Waals surface area (Å²) < 4.78 is 15.9. The minimum absolute atomic E-state index is 0.0500. The quantitative estimate of drug-likeness (QED) is 0.729. The highest BCUT2D eigenvalue weighted by Crippen LogP contribution is 2.32. The van der Waals surface area contributed by atoms with Gasteiger partial charge in [0.05, 0.1) is 7.11 Å². The highest BCUT2D eigenvalue weighted by Gasteiger charge is 2.18. The van der Waals surface area contributed by atoms with E-state index in [1.54, 1.807) is 13.2 Å². The number of rotatable bonds is 5. The van der Waals surface area contributed by atoms with Crippen molar-refractivity contribution in [3.63, 3.8) is 0 Å². The molecule has 4 rings (SSSR count). The van der Waals surface area contributed by atoms with Crippen LogP contribution in [0.2, 0.25) is 0 Å². The lowest BCUT2D eigenvalue weighted by atomic mass is 10.2. The molecule has 0 spiro atoms. The largest absolute Gasteiger partial charge is 0.497 e. The maximum absolute atomic E-state index is 12.6. The van der Waals surface area contributed by atoms with Crippen molar-refractivity contribution in [3.05, 3.63) is 59.7 Å². The smallest absolute Gasteiger partial charge is 0.246 e. The van der Waals surface area contributed by atoms with Crippen molar-refractivity contribution < 1.29 is 19.0 Å². The Balaban J connectivity index is 1.31. The van der Waals surface area contributed by atoms with Crippen LogP contribution in [0.15, 0.2) is 48.5 Å². The molecule has 0 bridgehead atoms. The Labute approximate surface area is 171 Å². The number of carbonyl (C=O) groups excluding carboxylic acids is 1. The second-order valence-corrected chi connectivity index (χ2v) is 7.25. The van der Waals surface area contributed by atoms with Crippen molar-refractivity contribution in [2.75, 3.05) is 40.1 Å². The van der Waals surface area contributed by atoms with Crippen LogP contribution in [-0.2, 0) is 11.3 Å². The zero-order valence-electron chi connectivity index (χ0n) is 16.7. The molecule has 2 aliphatic heterocycles. The van der Waals surface area contributed by atoms with Gasteiger partial charge < -0.3 is 19.1 Å². The molecule has 2 aromatic carbocycles. The van der Waals surface area contributed by atoms with Crippen molar-refractivity contribution in [1.29, 1.82) is 0 Å². The van der Waals surface area contributed by atoms with Gasteiger partial charge in [-0.15, -0.1) is 0 Å². The molecule has 0 aliphatic carbocycles. The number of hydrogen-bond donors (Lipinski definition) is 0. The van der Waals surface area contributed by atoms with E-state index in [0.717, 1.165) is 62.0 Å². The summed E-state index contributed by atoms with van der Waals surface area (Å²) in [5, 5.41) is 0. The maximum atomic E-state index is 12.6. The lowest BCUT2D eigenvalue weighted by molar-refractivity contribution is -0.125. The minimum Gasteiger partial charge on any atom is -0.497 e. The molecule has 6 nitrogen and oxygen atoms in total. The Morgan fingerprint density at radius 2 is 1.86 bits per heavy atom. The van der Waals surface area contributed by atoms with E-state index >= 15 is 0 Å². The normalized spacial score (nSPS) is 16.8. The lowest BCUT2D eigenvalue weighted by Gasteiger charge is -2.21. The molecule has 29 heavy (non-hydrogen) atoms. The van der Waals surface area contributed by atoms with Crippen LogP contribution in [0.5, 0.6) is 17.2 Å². The molecule has 0 aromatic heterocycles. The van der Waals surface area contributed by atoms with Gasteiger partial charge in [-0.25, -0.2) is 0 Å². The van der Waals surface area contributed by atoms with Crippen molar-refractivity contribution >= 4 is 12.0 Å². The van der Waals surface area contributed by atoms with Gasteiger partial charge in [0, 0.05) is 38.8 Å². The van der Waals surface area contributed by atoms with Gasteiger partial charge in [0.15, 0.2) is 11.5 Å². The third kappa shape index (κ3) is 4.90. The Morgan fingerprint density at radius 1 is 1.03 bits per heavy atom. The maximum Gasteiger partial charge on any atom is 0.246 e. The summed E-state index contributed by atoms with van der Waals surface area (Å²) in [5.41, 5.74) is 2.19. The molecule has 2 heterocycles. The molecule has 152 valence electrons. The highest BCUT2D eigenvalue weighted by molar-refractivity contribution is 5.91. The van der Waals surface area contributed by atoms with Gasteiger partial charge in [-0.05, 0) is 47.9 Å². The standard InChI is InChI=1S/C23H26N2O4/c1-27-20-7-3-19(4-8-20)16-24-11-2-12-25(14-13-24)23(26)10-6-18-5-9-21-22(15-18)29-17-28-21/h3-10,15H,2,11-14,16-17H2,1H3/b10-6+. The fourth-order valence-electron chi connectivity index (χ4n) is 3.63. The number of amides is 1. The number of ether oxygens (including phenoxy) is 3. The molecule has 2 aromatic rings. The van der Waals surface area contributed by atoms with E-state index in [2.05, 4.69) is 17.0 Å². The van der Waals surface area contributed by atoms with Crippen molar-refractivity contribution in [1.82, 2.24) is 9.80 Å². The highest BCUT2D eigenvalue weighted by atomic mass is 16.7. The topological polar surface area (TPSA) is 51.2 Å². The first-order valence-corrected chi connectivity index (χ1v) is 9.93. The fraction of sp³-hybridized carbons (Fsp3) is 0.348. The van der Waals surface area contributed by atoms with Crippen LogP contribution in [0.1, 0.15) is 17.5 Å². The zero-order valence-corrected chi connectivity index (χ0v) is 16.7. The fourth-order valence-corrected chi connectivity index (χ4v) is 3.63. The van der Waals surface area contributed by atoms with Crippen LogP contribution in [0, 0.1) is 0 Å². The van der Waals surface area contributed by atoms with Crippen LogP contribution in [0.3, 0.4) is 0 Å². The number of carbonyl (C=O) groups is 1. The Morgan fingerprint density at radius 3 is 2.69 bits per heavy atom. The summed E-state index contributed by atoms with van der Waals surface area (Å²) in [4.78, 5) is 17.0. The van der Waals surface area contributed by atoms with E-state index in [0.29, 0.717) is 0 Å². The summed E-state index contributed by atoms with van der Waals surface area (Å²) in [6, 6.07) is 13.9. The first-order valence-electron chi connectivity index (χ1n) is 9.93. The van der Waals surface area contributed by atoms with E-state index in [-0.39, 0.29) is 12.7 Å². The Kier molecular flexibility index (Phi) is 6.00. The second-order valence-electron chi connectivity index (χ2n) is 7.25. The molecule has 1 saturated heterocycles. The van der Waals surface area contributed by atoms with Gasteiger partial charge >= 0.3 is 0 Å². The van der Waals surface area contributed by atoms with Crippen LogP contribution < -0.4 is 14.2 Å². The molecule has 1 fully saturated rings. The van der Waals surface area contributed by atoms with Gasteiger partial charge in [-0.2, -0.15) is 0 Å². The molecular formula is C23H26N2O4. The molecule has 0 atom stereocenters. The van der Waals surface area contributed by atoms with Crippen LogP contribution in [-0.4, -0.2) is 55.8 Å². The number of benzene rings is 2. The molecule has 0 saturated carbocycles. The van der Waals surface area contributed by atoms with E-state index in [4.69, 9.17) is 14.2 Å². The second kappa shape index (κ2) is 9.01. The zero-order chi connectivity index (χ0) is 20.1. The number of fused-ring (bicyclic) bond motifs is 1. The van der Waals surface area contributed by atoms with Gasteiger partial charge in [-0.1, -0.05) is 18.2 Å². The van der Waals surface area contributed by atoms with Crippen LogP contribution in [0.4, 0.5) is 0 Å². The van der Waals surface area contributed by atoms with Crippen LogP contribution >= 0.6 is 0 Å². The van der Waals surface area contributed by atoms with E-state index in [1.807, 2.05) is 41.3 Å². The Hall–Kier alpha value is -2.99. The molecule has 2 aliphatic rings. The lowest BCUT2D eigenvalue weighted by Crippen LogP contribution is -2.34. The van der Waals surface area contributed by atoms with Gasteiger partial charge in [-0.3, -0.25) is 9.69 Å². The van der Waals surface area contributed by atoms with E-state index < -0.39 is 0 Å². The summed E-state index contributed by atoms with van der Waals surface area (Å²) >= 11 is 0. The minimum atomic E-state index is 0.0500. The Bertz CT molecular complexity index is 879. The average molecular weight is 394 g/mol. The molecular weight excluding hydrogens is 368 g/mol. The molecule has 0 radical (unpaired) electrons. The predicted molar refractivity (Wildman–Crippen MR) is 111 cm³/mol. The summed E-state index contributed by atoms with van der Waals surface area (Å²) in [6.07, 6.45) is 4.46. The molecule has 0 N–H and O–H groups in total. The van der Waals surface area contributed by atoms with Crippen LogP contribution in [0.25, 0.3) is 6.08 Å². The third-order valence-corrected chi connectivity index (χ3v) is 5.28. The monoisotopic (exact) mass is 394 g/mol. The molecule has 6 heteroatoms. The van der Waals surface area contributed by atoms with Gasteiger partial charge in [0.2, 0.25) is 12.7 Å². The van der Waals surface area contributed by atoms with Gasteiger partial charge in [0.25, 0.3) is 0 Å². The van der Waals surface area contributed by atoms with Crippen molar-refractivity contribution in [2.24, 2.45) is 0 Å². The number of methoxy groups -OCH3 is 1. The van der Waals surface area contributed by atoms with Gasteiger partial charge in [0.1, 0.15) is 5.75 Å². The summed E-state index contributed by atoms with van der Waals surface area (Å²) in [5.74, 6) is 2.39. The third-order valence-electron chi connectivity index (χ3n) is 5.28.